The van der Waals surface area contributed by atoms with Crippen molar-refractivity contribution >= 4 is 11.9 Å². The summed E-state index contributed by atoms with van der Waals surface area (Å²) in [7, 11) is 0. The van der Waals surface area contributed by atoms with Crippen LogP contribution >= 0.6 is 0 Å². The third-order valence-electron chi connectivity index (χ3n) is 5.32. The maximum absolute atomic E-state index is 13.0. The number of rotatable bonds is 5. The summed E-state index contributed by atoms with van der Waals surface area (Å²) in [5.41, 5.74) is 1.05. The highest BCUT2D eigenvalue weighted by Crippen LogP contribution is 2.50. The summed E-state index contributed by atoms with van der Waals surface area (Å²) in [6.07, 6.45) is 2.14. The average Bonchev–Trinajstić information content (AvgIpc) is 3.46. The predicted octanol–water partition coefficient (Wildman–Crippen LogP) is 1.65. The lowest BCUT2D eigenvalue weighted by Gasteiger charge is -2.33. The molecule has 1 aromatic rings. The van der Waals surface area contributed by atoms with Gasteiger partial charge in [-0.05, 0) is 42.9 Å². The largest absolute Gasteiger partial charge is 0.486 e. The van der Waals surface area contributed by atoms with Gasteiger partial charge in [-0.1, -0.05) is 6.07 Å². The van der Waals surface area contributed by atoms with Crippen molar-refractivity contribution in [3.63, 3.8) is 0 Å². The Kier molecular flexibility index (Phi) is 4.72. The Morgan fingerprint density at radius 1 is 1.08 bits per heavy atom. The minimum Gasteiger partial charge on any atom is -0.486 e. The Hall–Kier alpha value is -2.28. The van der Waals surface area contributed by atoms with Crippen LogP contribution in [0.2, 0.25) is 0 Å². The van der Waals surface area contributed by atoms with Gasteiger partial charge < -0.3 is 24.2 Å². The molecule has 1 aromatic carbocycles. The van der Waals surface area contributed by atoms with E-state index in [2.05, 4.69) is 0 Å². The number of carboxylic acid groups (broad SMARTS) is 1. The van der Waals surface area contributed by atoms with Gasteiger partial charge in [0.2, 0.25) is 5.91 Å². The molecule has 2 fully saturated rings. The fraction of sp³-hybridized carbons (Fsp3) is 0.579. The molecule has 26 heavy (non-hydrogen) atoms. The van der Waals surface area contributed by atoms with Crippen molar-refractivity contribution in [3.8, 4) is 11.5 Å². The molecule has 1 saturated heterocycles. The maximum Gasteiger partial charge on any atom is 0.323 e. The molecule has 0 unspecified atom stereocenters. The van der Waals surface area contributed by atoms with Crippen LogP contribution in [0.3, 0.4) is 0 Å². The van der Waals surface area contributed by atoms with Gasteiger partial charge in [0, 0.05) is 25.2 Å². The quantitative estimate of drug-likeness (QED) is 0.858. The highest BCUT2D eigenvalue weighted by Gasteiger charge is 2.47. The van der Waals surface area contributed by atoms with E-state index < -0.39 is 5.97 Å². The molecule has 7 heteroatoms. The van der Waals surface area contributed by atoms with Gasteiger partial charge in [-0.25, -0.2) is 0 Å². The zero-order valence-electron chi connectivity index (χ0n) is 14.6. The molecule has 1 saturated carbocycles. The second kappa shape index (κ2) is 7.15. The highest BCUT2D eigenvalue weighted by atomic mass is 16.6. The lowest BCUT2D eigenvalue weighted by atomic mass is 10.0. The van der Waals surface area contributed by atoms with E-state index in [0.29, 0.717) is 39.3 Å². The van der Waals surface area contributed by atoms with Crippen LogP contribution < -0.4 is 9.47 Å². The first-order valence-corrected chi connectivity index (χ1v) is 9.13. The number of carbonyl (C=O) groups is 2. The molecule has 140 valence electrons. The highest BCUT2D eigenvalue weighted by molar-refractivity contribution is 5.86. The first-order chi connectivity index (χ1) is 12.6. The summed E-state index contributed by atoms with van der Waals surface area (Å²) >= 11 is 0. The molecule has 3 aliphatic rings. The average molecular weight is 361 g/mol. The number of benzene rings is 1. The van der Waals surface area contributed by atoms with E-state index in [1.807, 2.05) is 18.2 Å². The number of ether oxygens (including phenoxy) is 3. The number of carbonyl (C=O) groups excluding carboxylic acids is 1. The molecule has 7 nitrogen and oxygen atoms in total. The number of carboxylic acids is 1. The summed E-state index contributed by atoms with van der Waals surface area (Å²) in [4.78, 5) is 25.8. The SMILES string of the molecule is O=C(O)CN(C(=O)[C@H]1C[C@@H]1c1ccc2c(c1)OCCO2)C1CCOCC1. The second-order valence-electron chi connectivity index (χ2n) is 7.06. The number of aliphatic carboxylic acids is 1. The van der Waals surface area contributed by atoms with Gasteiger partial charge in [0.15, 0.2) is 11.5 Å². The lowest BCUT2D eigenvalue weighted by molar-refractivity contribution is -0.148. The zero-order valence-corrected chi connectivity index (χ0v) is 14.6. The topological polar surface area (TPSA) is 85.3 Å². The van der Waals surface area contributed by atoms with Crippen molar-refractivity contribution in [2.45, 2.75) is 31.2 Å². The Bertz CT molecular complexity index is 699. The predicted molar refractivity (Wildman–Crippen MR) is 91.5 cm³/mol. The van der Waals surface area contributed by atoms with Crippen molar-refractivity contribution in [1.82, 2.24) is 4.90 Å². The number of nitrogens with zero attached hydrogens (tertiary/aromatic N) is 1. The van der Waals surface area contributed by atoms with Gasteiger partial charge >= 0.3 is 5.97 Å². The summed E-state index contributed by atoms with van der Waals surface area (Å²) in [5.74, 6) is 0.395. The Morgan fingerprint density at radius 3 is 2.54 bits per heavy atom. The van der Waals surface area contributed by atoms with E-state index in [1.165, 1.54) is 0 Å². The number of amides is 1. The Labute approximate surface area is 151 Å². The lowest BCUT2D eigenvalue weighted by Crippen LogP contribution is -2.46. The van der Waals surface area contributed by atoms with Crippen molar-refractivity contribution in [2.75, 3.05) is 33.0 Å². The van der Waals surface area contributed by atoms with E-state index in [-0.39, 0.29) is 30.3 Å². The van der Waals surface area contributed by atoms with Crippen LogP contribution in [0.5, 0.6) is 11.5 Å². The molecular formula is C19H23NO6. The molecule has 0 spiro atoms. The van der Waals surface area contributed by atoms with E-state index in [0.717, 1.165) is 23.5 Å². The van der Waals surface area contributed by atoms with Gasteiger partial charge in [0.1, 0.15) is 19.8 Å². The molecule has 1 N–H and O–H groups in total. The molecular weight excluding hydrogens is 338 g/mol. The van der Waals surface area contributed by atoms with Gasteiger partial charge in [-0.3, -0.25) is 9.59 Å². The molecule has 4 rings (SSSR count). The maximum atomic E-state index is 13.0. The van der Waals surface area contributed by atoms with Gasteiger partial charge in [-0.2, -0.15) is 0 Å². The molecule has 0 bridgehead atoms. The first kappa shape index (κ1) is 17.1. The van der Waals surface area contributed by atoms with E-state index in [4.69, 9.17) is 14.2 Å². The number of hydrogen-bond acceptors (Lipinski definition) is 5. The third kappa shape index (κ3) is 3.49. The van der Waals surface area contributed by atoms with Crippen LogP contribution in [0.25, 0.3) is 0 Å². The standard InChI is InChI=1S/C19H23NO6/c21-18(22)11-20(13-3-5-24-6-4-13)19(23)15-10-14(15)12-1-2-16-17(9-12)26-8-7-25-16/h1-2,9,13-15H,3-8,10-11H2,(H,21,22)/t14-,15+/m1/s1. The van der Waals surface area contributed by atoms with Crippen molar-refractivity contribution in [2.24, 2.45) is 5.92 Å². The first-order valence-electron chi connectivity index (χ1n) is 9.13. The zero-order chi connectivity index (χ0) is 18.1. The minimum atomic E-state index is -0.971. The van der Waals surface area contributed by atoms with Gasteiger partial charge in [0.05, 0.1) is 0 Å². The number of hydrogen-bond donors (Lipinski definition) is 1. The van der Waals surface area contributed by atoms with Gasteiger partial charge in [0.25, 0.3) is 0 Å². The molecule has 1 aliphatic carbocycles. The van der Waals surface area contributed by atoms with Gasteiger partial charge in [-0.15, -0.1) is 0 Å². The summed E-state index contributed by atoms with van der Waals surface area (Å²) in [6, 6.07) is 5.76. The fourth-order valence-corrected chi connectivity index (χ4v) is 3.87. The Balaban J connectivity index is 1.46. The van der Waals surface area contributed by atoms with Crippen LogP contribution in [0.4, 0.5) is 0 Å². The second-order valence-corrected chi connectivity index (χ2v) is 7.06. The van der Waals surface area contributed by atoms with Crippen molar-refractivity contribution < 1.29 is 28.9 Å². The molecule has 2 atom stereocenters. The third-order valence-corrected chi connectivity index (χ3v) is 5.32. The monoisotopic (exact) mass is 361 g/mol. The van der Waals surface area contributed by atoms with Crippen molar-refractivity contribution in [1.29, 1.82) is 0 Å². The molecule has 2 aliphatic heterocycles. The minimum absolute atomic E-state index is 0.0473. The van der Waals surface area contributed by atoms with Crippen LogP contribution in [0, 0.1) is 5.92 Å². The molecule has 2 heterocycles. The number of fused-ring (bicyclic) bond motifs is 1. The van der Waals surface area contributed by atoms with E-state index >= 15 is 0 Å². The van der Waals surface area contributed by atoms with Crippen LogP contribution in [0.15, 0.2) is 18.2 Å². The molecule has 0 aromatic heterocycles. The van der Waals surface area contributed by atoms with Crippen molar-refractivity contribution in [3.05, 3.63) is 23.8 Å². The summed E-state index contributed by atoms with van der Waals surface area (Å²) in [5, 5.41) is 9.23. The summed E-state index contributed by atoms with van der Waals surface area (Å²) in [6.45, 7) is 1.98. The van der Waals surface area contributed by atoms with E-state index in [1.54, 1.807) is 4.90 Å². The smallest absolute Gasteiger partial charge is 0.323 e. The molecule has 1 amide bonds. The van der Waals surface area contributed by atoms with Crippen LogP contribution in [-0.2, 0) is 14.3 Å². The normalized spacial score (nSPS) is 24.8. The Morgan fingerprint density at radius 2 is 1.81 bits per heavy atom. The van der Waals surface area contributed by atoms with E-state index in [9.17, 15) is 14.7 Å². The molecule has 0 radical (unpaired) electrons. The van der Waals surface area contributed by atoms with Crippen LogP contribution in [-0.4, -0.2) is 60.9 Å². The van der Waals surface area contributed by atoms with Crippen LogP contribution in [0.1, 0.15) is 30.7 Å². The summed E-state index contributed by atoms with van der Waals surface area (Å²) < 4.78 is 16.5. The fourth-order valence-electron chi connectivity index (χ4n) is 3.87.